The standard InChI is InChI=1S/C57H37N/c1-3-13-42-35-44(23-21-38(42)11-1)40-25-29-46(30-26-40)58(47-31-27-41(28-32-47)45-24-22-39-12-2-4-14-43(39)36-45)48-33-34-52-51-17-7-10-20-55(51)57(56(52)37-48)53-18-8-5-15-49(53)50-16-6-9-19-54(50)57/h1-37H. The summed E-state index contributed by atoms with van der Waals surface area (Å²) in [5.74, 6) is 0. The van der Waals surface area contributed by atoms with Crippen LogP contribution >= 0.6 is 0 Å². The maximum Gasteiger partial charge on any atom is 0.0726 e. The molecule has 0 saturated heterocycles. The Morgan fingerprint density at radius 1 is 0.241 bits per heavy atom. The molecule has 10 aromatic carbocycles. The predicted octanol–water partition coefficient (Wildman–Crippen LogP) is 15.1. The van der Waals surface area contributed by atoms with Gasteiger partial charge in [-0.15, -0.1) is 0 Å². The summed E-state index contributed by atoms with van der Waals surface area (Å²) < 4.78 is 0. The SMILES string of the molecule is c1ccc2c(c1)-c1ccccc1C21c2ccccc2-c2ccc(N(c3ccc(-c4ccc5ccccc5c4)cc3)c3ccc(-c4ccc5ccccc5c4)cc3)cc21. The van der Waals surface area contributed by atoms with Gasteiger partial charge < -0.3 is 4.90 Å². The number of hydrogen-bond acceptors (Lipinski definition) is 1. The fourth-order valence-corrected chi connectivity index (χ4v) is 10.0. The number of rotatable bonds is 5. The number of benzene rings is 10. The molecule has 1 spiro atoms. The van der Waals surface area contributed by atoms with Gasteiger partial charge in [-0.25, -0.2) is 0 Å². The van der Waals surface area contributed by atoms with Crippen molar-refractivity contribution in [2.24, 2.45) is 0 Å². The largest absolute Gasteiger partial charge is 0.310 e. The zero-order valence-electron chi connectivity index (χ0n) is 31.8. The van der Waals surface area contributed by atoms with Crippen LogP contribution in [0.3, 0.4) is 0 Å². The van der Waals surface area contributed by atoms with Crippen molar-refractivity contribution >= 4 is 38.6 Å². The third-order valence-electron chi connectivity index (χ3n) is 12.7. The van der Waals surface area contributed by atoms with Crippen molar-refractivity contribution in [1.82, 2.24) is 0 Å². The molecule has 0 atom stereocenters. The molecule has 10 aromatic rings. The Morgan fingerprint density at radius 3 is 1.07 bits per heavy atom. The Morgan fingerprint density at radius 2 is 0.603 bits per heavy atom. The van der Waals surface area contributed by atoms with Crippen molar-refractivity contribution in [2.45, 2.75) is 5.41 Å². The molecule has 2 aliphatic rings. The lowest BCUT2D eigenvalue weighted by Gasteiger charge is -2.32. The molecule has 0 aromatic heterocycles. The molecule has 1 heteroatoms. The van der Waals surface area contributed by atoms with Crippen LogP contribution in [0, 0.1) is 0 Å². The first kappa shape index (κ1) is 32.7. The fourth-order valence-electron chi connectivity index (χ4n) is 10.0. The third-order valence-corrected chi connectivity index (χ3v) is 12.7. The highest BCUT2D eigenvalue weighted by Crippen LogP contribution is 2.63. The van der Waals surface area contributed by atoms with E-state index in [1.165, 1.54) is 88.3 Å². The Bertz CT molecular complexity index is 3040. The molecule has 1 nitrogen and oxygen atoms in total. The van der Waals surface area contributed by atoms with Crippen molar-refractivity contribution in [3.63, 3.8) is 0 Å². The van der Waals surface area contributed by atoms with Gasteiger partial charge in [-0.2, -0.15) is 0 Å². The molecule has 0 bridgehead atoms. The van der Waals surface area contributed by atoms with Crippen molar-refractivity contribution in [3.8, 4) is 44.5 Å². The summed E-state index contributed by atoms with van der Waals surface area (Å²) in [4.78, 5) is 2.43. The Hall–Kier alpha value is -7.48. The molecule has 0 fully saturated rings. The highest BCUT2D eigenvalue weighted by molar-refractivity contribution is 5.97. The molecule has 0 heterocycles. The average molecular weight is 736 g/mol. The van der Waals surface area contributed by atoms with Gasteiger partial charge in [-0.3, -0.25) is 0 Å². The maximum atomic E-state index is 2.47. The lowest BCUT2D eigenvalue weighted by atomic mass is 9.70. The van der Waals surface area contributed by atoms with Gasteiger partial charge in [0.25, 0.3) is 0 Å². The molecule has 270 valence electrons. The molecule has 12 rings (SSSR count). The maximum absolute atomic E-state index is 2.47. The van der Waals surface area contributed by atoms with E-state index in [1.54, 1.807) is 0 Å². The van der Waals surface area contributed by atoms with Gasteiger partial charge in [0.2, 0.25) is 0 Å². The molecule has 0 radical (unpaired) electrons. The van der Waals surface area contributed by atoms with Crippen LogP contribution in [0.2, 0.25) is 0 Å². The molecule has 0 unspecified atom stereocenters. The average Bonchev–Trinajstić information content (AvgIpc) is 3.76. The van der Waals surface area contributed by atoms with Crippen LogP contribution in [0.25, 0.3) is 66.1 Å². The highest BCUT2D eigenvalue weighted by atomic mass is 15.1. The molecule has 2 aliphatic carbocycles. The minimum Gasteiger partial charge on any atom is -0.310 e. The summed E-state index contributed by atoms with van der Waals surface area (Å²) in [6, 6.07) is 83.1. The number of nitrogens with zero attached hydrogens (tertiary/aromatic N) is 1. The van der Waals surface area contributed by atoms with E-state index in [0.717, 1.165) is 17.1 Å². The Labute approximate surface area is 338 Å². The van der Waals surface area contributed by atoms with Crippen molar-refractivity contribution in [3.05, 3.63) is 247 Å². The molecule has 0 amide bonds. The Balaban J connectivity index is 1.03. The molecule has 0 saturated carbocycles. The van der Waals surface area contributed by atoms with Crippen molar-refractivity contribution in [1.29, 1.82) is 0 Å². The van der Waals surface area contributed by atoms with E-state index in [-0.39, 0.29) is 0 Å². The zero-order valence-corrected chi connectivity index (χ0v) is 31.8. The second-order valence-corrected chi connectivity index (χ2v) is 15.7. The van der Waals surface area contributed by atoms with Gasteiger partial charge in [0.05, 0.1) is 5.41 Å². The fraction of sp³-hybridized carbons (Fsp3) is 0.0175. The summed E-state index contributed by atoms with van der Waals surface area (Å²) in [7, 11) is 0. The van der Waals surface area contributed by atoms with E-state index in [9.17, 15) is 0 Å². The minimum absolute atomic E-state index is 0.416. The van der Waals surface area contributed by atoms with Gasteiger partial charge in [0.15, 0.2) is 0 Å². The van der Waals surface area contributed by atoms with Crippen LogP contribution in [0.15, 0.2) is 224 Å². The summed E-state index contributed by atoms with van der Waals surface area (Å²) in [6.07, 6.45) is 0. The second kappa shape index (κ2) is 12.8. The van der Waals surface area contributed by atoms with Gasteiger partial charge in [-0.05, 0) is 137 Å². The van der Waals surface area contributed by atoms with Gasteiger partial charge in [0, 0.05) is 17.1 Å². The smallest absolute Gasteiger partial charge is 0.0726 e. The van der Waals surface area contributed by atoms with Crippen LogP contribution < -0.4 is 4.90 Å². The molecule has 0 aliphatic heterocycles. The van der Waals surface area contributed by atoms with E-state index in [2.05, 4.69) is 229 Å². The number of fused-ring (bicyclic) bond motifs is 12. The molecule has 58 heavy (non-hydrogen) atoms. The van der Waals surface area contributed by atoms with Crippen molar-refractivity contribution < 1.29 is 0 Å². The van der Waals surface area contributed by atoms with E-state index in [1.807, 2.05) is 0 Å². The van der Waals surface area contributed by atoms with Crippen LogP contribution in [-0.2, 0) is 5.41 Å². The van der Waals surface area contributed by atoms with Crippen LogP contribution in [0.1, 0.15) is 22.3 Å². The van der Waals surface area contributed by atoms with Crippen molar-refractivity contribution in [2.75, 3.05) is 4.90 Å². The quantitative estimate of drug-likeness (QED) is 0.170. The van der Waals surface area contributed by atoms with Crippen LogP contribution in [0.5, 0.6) is 0 Å². The predicted molar refractivity (Wildman–Crippen MR) is 243 cm³/mol. The zero-order chi connectivity index (χ0) is 38.2. The molecular weight excluding hydrogens is 699 g/mol. The third kappa shape index (κ3) is 4.84. The van der Waals surface area contributed by atoms with Gasteiger partial charge in [-0.1, -0.05) is 176 Å². The lowest BCUT2D eigenvalue weighted by molar-refractivity contribution is 0.793. The minimum atomic E-state index is -0.416. The van der Waals surface area contributed by atoms with E-state index < -0.39 is 5.41 Å². The van der Waals surface area contributed by atoms with Crippen LogP contribution in [-0.4, -0.2) is 0 Å². The number of hydrogen-bond donors (Lipinski definition) is 0. The van der Waals surface area contributed by atoms with Gasteiger partial charge >= 0.3 is 0 Å². The number of anilines is 3. The first-order valence-corrected chi connectivity index (χ1v) is 20.2. The van der Waals surface area contributed by atoms with E-state index in [0.29, 0.717) is 0 Å². The topological polar surface area (TPSA) is 3.24 Å². The summed E-state index contributed by atoms with van der Waals surface area (Å²) in [5.41, 5.74) is 18.4. The first-order valence-electron chi connectivity index (χ1n) is 20.2. The molecular formula is C57H37N. The monoisotopic (exact) mass is 735 g/mol. The summed E-state index contributed by atoms with van der Waals surface area (Å²) >= 11 is 0. The normalized spacial score (nSPS) is 13.0. The Kier molecular flexibility index (Phi) is 7.21. The van der Waals surface area contributed by atoms with E-state index in [4.69, 9.17) is 0 Å². The summed E-state index contributed by atoms with van der Waals surface area (Å²) in [5, 5.41) is 5.01. The second-order valence-electron chi connectivity index (χ2n) is 15.7. The lowest BCUT2D eigenvalue weighted by Crippen LogP contribution is -2.26. The summed E-state index contributed by atoms with van der Waals surface area (Å²) in [6.45, 7) is 0. The highest BCUT2D eigenvalue weighted by Gasteiger charge is 2.51. The van der Waals surface area contributed by atoms with E-state index >= 15 is 0 Å². The first-order chi connectivity index (χ1) is 28.7. The van der Waals surface area contributed by atoms with Gasteiger partial charge in [0.1, 0.15) is 0 Å². The molecule has 0 N–H and O–H groups in total. The van der Waals surface area contributed by atoms with Crippen LogP contribution in [0.4, 0.5) is 17.1 Å².